The van der Waals surface area contributed by atoms with Gasteiger partial charge in [0.1, 0.15) is 11.5 Å². The third kappa shape index (κ3) is 5.56. The average Bonchev–Trinajstić information content (AvgIpc) is 3.42. The summed E-state index contributed by atoms with van der Waals surface area (Å²) in [6.45, 7) is 0. The number of rotatable bonds is 9. The molecule has 2 aromatic carbocycles. The van der Waals surface area contributed by atoms with Gasteiger partial charge in [-0.1, -0.05) is 6.07 Å². The first-order valence-electron chi connectivity index (χ1n) is 10.3. The number of anilines is 1. The molecule has 2 heterocycles. The van der Waals surface area contributed by atoms with Gasteiger partial charge in [-0.15, -0.1) is 11.3 Å². The van der Waals surface area contributed by atoms with E-state index in [1.165, 1.54) is 42.7 Å². The second-order valence-corrected chi connectivity index (χ2v) is 9.80. The van der Waals surface area contributed by atoms with Gasteiger partial charge in [-0.3, -0.25) is 4.79 Å². The van der Waals surface area contributed by atoms with E-state index in [1.807, 2.05) is 23.6 Å². The smallest absolute Gasteiger partial charge is 0.264 e. The van der Waals surface area contributed by atoms with Crippen LogP contribution in [0.1, 0.15) is 15.9 Å². The molecule has 4 aromatic rings. The van der Waals surface area contributed by atoms with E-state index in [2.05, 4.69) is 14.7 Å². The molecule has 0 fully saturated rings. The van der Waals surface area contributed by atoms with Gasteiger partial charge in [0.05, 0.1) is 19.1 Å². The van der Waals surface area contributed by atoms with Crippen LogP contribution in [0.2, 0.25) is 0 Å². The monoisotopic (exact) mass is 507 g/mol. The van der Waals surface area contributed by atoms with Crippen molar-refractivity contribution in [1.29, 1.82) is 0 Å². The summed E-state index contributed by atoms with van der Waals surface area (Å²) in [5, 5.41) is 1.98. The third-order valence-electron chi connectivity index (χ3n) is 4.99. The molecule has 2 aromatic heterocycles. The molecule has 0 aliphatic heterocycles. The fourth-order valence-corrected chi connectivity index (χ4v) is 4.97. The van der Waals surface area contributed by atoms with Crippen molar-refractivity contribution in [2.24, 2.45) is 0 Å². The van der Waals surface area contributed by atoms with Gasteiger partial charge >= 0.3 is 0 Å². The van der Waals surface area contributed by atoms with Gasteiger partial charge in [0, 0.05) is 40.0 Å². The van der Waals surface area contributed by atoms with E-state index in [-0.39, 0.29) is 16.6 Å². The Bertz CT molecular complexity index is 1450. The van der Waals surface area contributed by atoms with Crippen molar-refractivity contribution in [2.45, 2.75) is 4.90 Å². The minimum atomic E-state index is -3.88. The lowest BCUT2D eigenvalue weighted by Gasteiger charge is -2.12. The number of methoxy groups -OCH3 is 2. The summed E-state index contributed by atoms with van der Waals surface area (Å²) in [4.78, 5) is 21.5. The van der Waals surface area contributed by atoms with Crippen molar-refractivity contribution in [3.8, 4) is 21.9 Å². The lowest BCUT2D eigenvalue weighted by molar-refractivity contribution is 0.104. The Kier molecular flexibility index (Phi) is 7.23. The van der Waals surface area contributed by atoms with Gasteiger partial charge in [-0.25, -0.2) is 23.1 Å². The molecule has 0 saturated carbocycles. The van der Waals surface area contributed by atoms with E-state index in [0.29, 0.717) is 22.6 Å². The highest BCUT2D eigenvalue weighted by Crippen LogP contribution is 2.38. The number of carbonyl (C=O) groups is 1. The van der Waals surface area contributed by atoms with Gasteiger partial charge < -0.3 is 9.47 Å². The predicted octanol–water partition coefficient (Wildman–Crippen LogP) is 4.92. The number of hydrogen-bond acceptors (Lipinski definition) is 8. The molecular weight excluding hydrogens is 486 g/mol. The first-order valence-corrected chi connectivity index (χ1v) is 12.7. The zero-order chi connectivity index (χ0) is 24.8. The summed E-state index contributed by atoms with van der Waals surface area (Å²) < 4.78 is 38.3. The van der Waals surface area contributed by atoms with Crippen LogP contribution in [-0.4, -0.2) is 38.4 Å². The van der Waals surface area contributed by atoms with Crippen molar-refractivity contribution < 1.29 is 22.7 Å². The molecule has 35 heavy (non-hydrogen) atoms. The number of carbonyl (C=O) groups excluding carboxylic acids is 1. The molecule has 1 N–H and O–H groups in total. The normalized spacial score (nSPS) is 11.4. The van der Waals surface area contributed by atoms with Crippen LogP contribution < -0.4 is 14.2 Å². The lowest BCUT2D eigenvalue weighted by atomic mass is 10.0. The van der Waals surface area contributed by atoms with Crippen molar-refractivity contribution in [3.63, 3.8) is 0 Å². The Hall–Kier alpha value is -4.02. The molecular formula is C25H21N3O5S2. The third-order valence-corrected chi connectivity index (χ3v) is 7.24. The minimum Gasteiger partial charge on any atom is -0.496 e. The molecule has 0 atom stereocenters. The highest BCUT2D eigenvalue weighted by Gasteiger charge is 2.16. The number of nitrogens with one attached hydrogen (secondary N) is 1. The molecule has 0 spiro atoms. The average molecular weight is 508 g/mol. The molecule has 0 saturated heterocycles. The molecule has 0 radical (unpaired) electrons. The van der Waals surface area contributed by atoms with Gasteiger partial charge in [-0.2, -0.15) is 0 Å². The Morgan fingerprint density at radius 3 is 2.31 bits per heavy atom. The maximum Gasteiger partial charge on any atom is 0.264 e. The second-order valence-electron chi connectivity index (χ2n) is 7.17. The van der Waals surface area contributed by atoms with Crippen molar-refractivity contribution in [3.05, 3.63) is 89.6 Å². The van der Waals surface area contributed by atoms with Crippen LogP contribution in [0.15, 0.2) is 83.3 Å². The number of thiophene rings is 1. The van der Waals surface area contributed by atoms with Gasteiger partial charge in [0.25, 0.3) is 10.0 Å². The zero-order valence-corrected chi connectivity index (χ0v) is 20.5. The molecule has 0 aliphatic carbocycles. The summed E-state index contributed by atoms with van der Waals surface area (Å²) in [6.07, 6.45) is 5.94. The SMILES string of the molecule is COc1cc(OC)c(-c2cccs2)cc1/C=C/C(=O)c1ccc(S(=O)(=O)Nc2ncccn2)cc1. The number of allylic oxidation sites excluding steroid dienone is 1. The number of ether oxygens (including phenoxy) is 2. The number of nitrogens with zero attached hydrogens (tertiary/aromatic N) is 2. The Balaban J connectivity index is 1.55. The van der Waals surface area contributed by atoms with E-state index in [1.54, 1.807) is 43.8 Å². The fourth-order valence-electron chi connectivity index (χ4n) is 3.27. The quantitative estimate of drug-likeness (QED) is 0.253. The Morgan fingerprint density at radius 2 is 1.69 bits per heavy atom. The van der Waals surface area contributed by atoms with Crippen LogP contribution in [0.3, 0.4) is 0 Å². The molecule has 0 unspecified atom stereocenters. The van der Waals surface area contributed by atoms with E-state index < -0.39 is 10.0 Å². The maximum absolute atomic E-state index is 12.8. The summed E-state index contributed by atoms with van der Waals surface area (Å²) in [7, 11) is -0.742. The van der Waals surface area contributed by atoms with Gasteiger partial charge in [0.2, 0.25) is 5.95 Å². The molecule has 0 bridgehead atoms. The van der Waals surface area contributed by atoms with Crippen LogP contribution in [-0.2, 0) is 10.0 Å². The minimum absolute atomic E-state index is 0.0112. The maximum atomic E-state index is 12.8. The highest BCUT2D eigenvalue weighted by atomic mass is 32.2. The summed E-state index contributed by atoms with van der Waals surface area (Å²) in [6, 6.07) is 14.8. The summed E-state index contributed by atoms with van der Waals surface area (Å²) >= 11 is 1.58. The second kappa shape index (κ2) is 10.5. The fraction of sp³-hybridized carbons (Fsp3) is 0.0800. The van der Waals surface area contributed by atoms with Crippen LogP contribution >= 0.6 is 11.3 Å². The molecule has 8 nitrogen and oxygen atoms in total. The molecule has 0 aliphatic rings. The van der Waals surface area contributed by atoms with E-state index in [0.717, 1.165) is 10.4 Å². The van der Waals surface area contributed by atoms with Crippen LogP contribution in [0.25, 0.3) is 16.5 Å². The van der Waals surface area contributed by atoms with Crippen LogP contribution in [0.4, 0.5) is 5.95 Å². The molecule has 4 rings (SSSR count). The number of ketones is 1. The zero-order valence-electron chi connectivity index (χ0n) is 18.8. The molecule has 0 amide bonds. The standard InChI is InChI=1S/C25H21N3O5S2/c1-32-22-16-23(33-2)20(24-5-3-14-34-24)15-18(22)8-11-21(29)17-6-9-19(10-7-17)35(30,31)28-25-26-12-4-13-27-25/h3-16H,1-2H3,(H,26,27,28)/b11-8+. The largest absolute Gasteiger partial charge is 0.496 e. The Labute approximate surface area is 207 Å². The highest BCUT2D eigenvalue weighted by molar-refractivity contribution is 7.92. The first-order chi connectivity index (χ1) is 16.9. The first kappa shape index (κ1) is 24.1. The van der Waals surface area contributed by atoms with Crippen molar-refractivity contribution in [1.82, 2.24) is 9.97 Å². The number of sulfonamides is 1. The lowest BCUT2D eigenvalue weighted by Crippen LogP contribution is -2.15. The predicted molar refractivity (Wildman–Crippen MR) is 136 cm³/mol. The van der Waals surface area contributed by atoms with E-state index in [9.17, 15) is 13.2 Å². The van der Waals surface area contributed by atoms with Crippen LogP contribution in [0, 0.1) is 0 Å². The molecule has 178 valence electrons. The van der Waals surface area contributed by atoms with Gasteiger partial charge in [-0.05, 0) is 60.0 Å². The van der Waals surface area contributed by atoms with Crippen molar-refractivity contribution >= 4 is 39.2 Å². The Morgan fingerprint density at radius 1 is 0.971 bits per heavy atom. The van der Waals surface area contributed by atoms with E-state index >= 15 is 0 Å². The van der Waals surface area contributed by atoms with Gasteiger partial charge in [0.15, 0.2) is 5.78 Å². The summed E-state index contributed by atoms with van der Waals surface area (Å²) in [5.74, 6) is 0.899. The molecule has 10 heteroatoms. The number of aromatic nitrogens is 2. The van der Waals surface area contributed by atoms with E-state index in [4.69, 9.17) is 9.47 Å². The van der Waals surface area contributed by atoms with Crippen molar-refractivity contribution in [2.75, 3.05) is 18.9 Å². The summed E-state index contributed by atoms with van der Waals surface area (Å²) in [5.41, 5.74) is 1.93. The topological polar surface area (TPSA) is 107 Å². The van der Waals surface area contributed by atoms with Crippen LogP contribution in [0.5, 0.6) is 11.5 Å². The number of benzene rings is 2. The number of hydrogen-bond donors (Lipinski definition) is 1.